The van der Waals surface area contributed by atoms with E-state index in [9.17, 15) is 4.39 Å². The Balaban J connectivity index is 2.42. The van der Waals surface area contributed by atoms with Crippen LogP contribution in [0.25, 0.3) is 0 Å². The summed E-state index contributed by atoms with van der Waals surface area (Å²) in [6.07, 6.45) is 0. The zero-order chi connectivity index (χ0) is 14.7. The third kappa shape index (κ3) is 3.16. The molecular formula is C15H14BrFN2S. The van der Waals surface area contributed by atoms with E-state index in [4.69, 9.17) is 18.0 Å². The monoisotopic (exact) mass is 352 g/mol. The van der Waals surface area contributed by atoms with E-state index in [0.717, 1.165) is 28.0 Å². The first-order valence-corrected chi connectivity index (χ1v) is 7.35. The number of nitrogens with zero attached hydrogens (tertiary/aromatic N) is 1. The second-order valence-electron chi connectivity index (χ2n) is 4.25. The topological polar surface area (TPSA) is 29.3 Å². The number of hydrogen-bond acceptors (Lipinski definition) is 2. The highest BCUT2D eigenvalue weighted by atomic mass is 79.9. The molecule has 0 aromatic heterocycles. The van der Waals surface area contributed by atoms with E-state index < -0.39 is 0 Å². The fourth-order valence-corrected chi connectivity index (χ4v) is 2.92. The van der Waals surface area contributed by atoms with E-state index in [0.29, 0.717) is 4.99 Å². The predicted octanol–water partition coefficient (Wildman–Crippen LogP) is 4.38. The summed E-state index contributed by atoms with van der Waals surface area (Å²) >= 11 is 8.45. The first-order chi connectivity index (χ1) is 9.52. The number of nitrogens with two attached hydrogens (primary N) is 1. The van der Waals surface area contributed by atoms with Crippen LogP contribution in [-0.2, 0) is 0 Å². The molecule has 0 saturated carbocycles. The van der Waals surface area contributed by atoms with E-state index in [2.05, 4.69) is 15.9 Å². The number of benzene rings is 2. The Hall–Kier alpha value is -1.46. The highest BCUT2D eigenvalue weighted by Gasteiger charge is 2.11. The third-order valence-corrected chi connectivity index (χ3v) is 3.84. The van der Waals surface area contributed by atoms with Crippen LogP contribution in [0.3, 0.4) is 0 Å². The maximum Gasteiger partial charge on any atom is 0.125 e. The Labute approximate surface area is 131 Å². The zero-order valence-corrected chi connectivity index (χ0v) is 13.3. The SMILES string of the molecule is CCN(c1cccc(F)c1)c1ccc(C(N)=S)c(Br)c1. The maximum absolute atomic E-state index is 13.4. The van der Waals surface area contributed by atoms with Crippen LogP contribution in [0.4, 0.5) is 15.8 Å². The molecule has 104 valence electrons. The summed E-state index contributed by atoms with van der Waals surface area (Å²) < 4.78 is 14.2. The minimum absolute atomic E-state index is 0.250. The summed E-state index contributed by atoms with van der Waals surface area (Å²) in [5, 5.41) is 0. The number of hydrogen-bond donors (Lipinski definition) is 1. The van der Waals surface area contributed by atoms with Gasteiger partial charge in [0.05, 0.1) is 0 Å². The highest BCUT2D eigenvalue weighted by Crippen LogP contribution is 2.29. The van der Waals surface area contributed by atoms with Crippen LogP contribution in [0.15, 0.2) is 46.9 Å². The molecule has 2 rings (SSSR count). The Morgan fingerprint density at radius 1 is 1.25 bits per heavy atom. The van der Waals surface area contributed by atoms with Gasteiger partial charge in [0.15, 0.2) is 0 Å². The minimum atomic E-state index is -0.250. The Kier molecular flexibility index (Phi) is 4.73. The van der Waals surface area contributed by atoms with Crippen molar-refractivity contribution in [3.63, 3.8) is 0 Å². The third-order valence-electron chi connectivity index (χ3n) is 2.97. The first kappa shape index (κ1) is 14.9. The molecule has 2 nitrogen and oxygen atoms in total. The molecule has 2 aromatic rings. The van der Waals surface area contributed by atoms with Crippen molar-refractivity contribution in [2.45, 2.75) is 6.92 Å². The van der Waals surface area contributed by atoms with Crippen LogP contribution in [-0.4, -0.2) is 11.5 Å². The molecule has 20 heavy (non-hydrogen) atoms. The second-order valence-corrected chi connectivity index (χ2v) is 5.55. The molecule has 0 amide bonds. The van der Waals surface area contributed by atoms with Gasteiger partial charge in [-0.05, 0) is 59.3 Å². The molecule has 5 heteroatoms. The molecule has 0 heterocycles. The van der Waals surface area contributed by atoms with Crippen molar-refractivity contribution >= 4 is 44.5 Å². The molecule has 0 saturated heterocycles. The van der Waals surface area contributed by atoms with Crippen molar-refractivity contribution in [1.82, 2.24) is 0 Å². The summed E-state index contributed by atoms with van der Waals surface area (Å²) in [6.45, 7) is 2.74. The van der Waals surface area contributed by atoms with Crippen molar-refractivity contribution in [1.29, 1.82) is 0 Å². The average molecular weight is 353 g/mol. The summed E-state index contributed by atoms with van der Waals surface area (Å²) in [5.41, 5.74) is 8.19. The largest absolute Gasteiger partial charge is 0.389 e. The molecule has 0 unspecified atom stereocenters. The first-order valence-electron chi connectivity index (χ1n) is 6.15. The maximum atomic E-state index is 13.4. The normalized spacial score (nSPS) is 10.3. The summed E-state index contributed by atoms with van der Waals surface area (Å²) in [7, 11) is 0. The lowest BCUT2D eigenvalue weighted by Gasteiger charge is -2.24. The molecule has 0 aliphatic heterocycles. The number of thiocarbonyl (C=S) groups is 1. The van der Waals surface area contributed by atoms with Gasteiger partial charge < -0.3 is 10.6 Å². The van der Waals surface area contributed by atoms with E-state index in [-0.39, 0.29) is 5.82 Å². The molecule has 2 N–H and O–H groups in total. The molecule has 0 atom stereocenters. The fraction of sp³-hybridized carbons (Fsp3) is 0.133. The minimum Gasteiger partial charge on any atom is -0.389 e. The van der Waals surface area contributed by atoms with E-state index in [1.165, 1.54) is 12.1 Å². The van der Waals surface area contributed by atoms with Gasteiger partial charge in [0.25, 0.3) is 0 Å². The van der Waals surface area contributed by atoms with Crippen LogP contribution >= 0.6 is 28.1 Å². The van der Waals surface area contributed by atoms with Crippen molar-refractivity contribution in [3.05, 3.63) is 58.3 Å². The molecule has 0 fully saturated rings. The van der Waals surface area contributed by atoms with Crippen molar-refractivity contribution in [2.24, 2.45) is 5.73 Å². The second kappa shape index (κ2) is 6.33. The van der Waals surface area contributed by atoms with E-state index in [1.807, 2.05) is 36.1 Å². The van der Waals surface area contributed by atoms with Gasteiger partial charge in [0.2, 0.25) is 0 Å². The van der Waals surface area contributed by atoms with Crippen molar-refractivity contribution in [3.8, 4) is 0 Å². The van der Waals surface area contributed by atoms with Gasteiger partial charge in [0.1, 0.15) is 10.8 Å². The number of halogens is 2. The number of anilines is 2. The van der Waals surface area contributed by atoms with Gasteiger partial charge in [-0.1, -0.05) is 18.3 Å². The van der Waals surface area contributed by atoms with Crippen molar-refractivity contribution in [2.75, 3.05) is 11.4 Å². The van der Waals surface area contributed by atoms with Gasteiger partial charge in [-0.15, -0.1) is 0 Å². The van der Waals surface area contributed by atoms with Crippen molar-refractivity contribution < 1.29 is 4.39 Å². The van der Waals surface area contributed by atoms with E-state index in [1.54, 1.807) is 6.07 Å². The van der Waals surface area contributed by atoms with Crippen LogP contribution < -0.4 is 10.6 Å². The lowest BCUT2D eigenvalue weighted by atomic mass is 10.1. The highest BCUT2D eigenvalue weighted by molar-refractivity contribution is 9.10. The average Bonchev–Trinajstić information content (AvgIpc) is 2.39. The van der Waals surface area contributed by atoms with Crippen LogP contribution in [0.5, 0.6) is 0 Å². The fourth-order valence-electron chi connectivity index (χ4n) is 2.03. The summed E-state index contributed by atoms with van der Waals surface area (Å²) in [5.74, 6) is -0.250. The van der Waals surface area contributed by atoms with Gasteiger partial charge >= 0.3 is 0 Å². The Morgan fingerprint density at radius 3 is 2.50 bits per heavy atom. The summed E-state index contributed by atoms with van der Waals surface area (Å²) in [4.78, 5) is 2.36. The van der Waals surface area contributed by atoms with Gasteiger partial charge in [-0.2, -0.15) is 0 Å². The predicted molar refractivity (Wildman–Crippen MR) is 89.1 cm³/mol. The molecule has 0 aliphatic rings. The standard InChI is InChI=1S/C15H14BrFN2S/c1-2-19(11-5-3-4-10(17)8-11)12-6-7-13(15(18)20)14(16)9-12/h3-9H,2H2,1H3,(H2,18,20). The van der Waals surface area contributed by atoms with Gasteiger partial charge in [-0.25, -0.2) is 4.39 Å². The van der Waals surface area contributed by atoms with Crippen LogP contribution in [0, 0.1) is 5.82 Å². The lowest BCUT2D eigenvalue weighted by Crippen LogP contribution is -2.17. The van der Waals surface area contributed by atoms with Gasteiger partial charge in [-0.3, -0.25) is 0 Å². The smallest absolute Gasteiger partial charge is 0.125 e. The summed E-state index contributed by atoms with van der Waals surface area (Å²) in [6, 6.07) is 12.2. The lowest BCUT2D eigenvalue weighted by molar-refractivity contribution is 0.627. The molecule has 0 aliphatic carbocycles. The Morgan fingerprint density at radius 2 is 1.95 bits per heavy atom. The molecule has 0 spiro atoms. The van der Waals surface area contributed by atoms with E-state index >= 15 is 0 Å². The molecular weight excluding hydrogens is 339 g/mol. The molecule has 0 radical (unpaired) electrons. The molecule has 0 bridgehead atoms. The zero-order valence-electron chi connectivity index (χ0n) is 10.9. The Bertz CT molecular complexity index is 646. The van der Waals surface area contributed by atoms with Gasteiger partial charge in [0, 0.05) is 28.0 Å². The van der Waals surface area contributed by atoms with Crippen LogP contribution in [0.2, 0.25) is 0 Å². The quantitative estimate of drug-likeness (QED) is 0.827. The van der Waals surface area contributed by atoms with Crippen LogP contribution in [0.1, 0.15) is 12.5 Å². The molecule has 2 aromatic carbocycles. The number of rotatable bonds is 4.